The molecule has 0 atom stereocenters. The third-order valence-corrected chi connectivity index (χ3v) is 4.49. The molecule has 1 aromatic carbocycles. The first-order valence-electron chi connectivity index (χ1n) is 9.07. The van der Waals surface area contributed by atoms with Crippen LogP contribution in [0, 0.1) is 0 Å². The van der Waals surface area contributed by atoms with Crippen molar-refractivity contribution < 1.29 is 14.3 Å². The summed E-state index contributed by atoms with van der Waals surface area (Å²) in [6.07, 6.45) is 1.36. The van der Waals surface area contributed by atoms with Crippen LogP contribution in [0.15, 0.2) is 35.4 Å². The van der Waals surface area contributed by atoms with Crippen molar-refractivity contribution in [3.8, 4) is 11.4 Å². The van der Waals surface area contributed by atoms with Gasteiger partial charge < -0.3 is 14.4 Å². The van der Waals surface area contributed by atoms with Crippen LogP contribution in [0.25, 0.3) is 16.9 Å². The molecule has 28 heavy (non-hydrogen) atoms. The van der Waals surface area contributed by atoms with Crippen LogP contribution in [0.1, 0.15) is 6.92 Å². The van der Waals surface area contributed by atoms with E-state index in [0.29, 0.717) is 44.2 Å². The Kier molecular flexibility index (Phi) is 5.02. The SMILES string of the molecule is CCOc1ccc(-n2nnc3c(=O)n(CC(=O)N4CCOCC4)cnc32)cc1. The maximum atomic E-state index is 12.7. The standard InChI is InChI=1S/C18H20N6O4/c1-2-28-14-5-3-13(4-6-14)24-17-16(20-21-24)18(26)23(12-19-17)11-15(25)22-7-9-27-10-8-22/h3-6,12H,2,7-11H2,1H3. The number of fused-ring (bicyclic) bond motifs is 1. The van der Waals surface area contributed by atoms with Crippen molar-refractivity contribution in [1.82, 2.24) is 29.4 Å². The molecule has 0 bridgehead atoms. The van der Waals surface area contributed by atoms with E-state index in [-0.39, 0.29) is 18.0 Å². The van der Waals surface area contributed by atoms with Crippen LogP contribution in [0.3, 0.4) is 0 Å². The molecule has 1 saturated heterocycles. The first-order valence-corrected chi connectivity index (χ1v) is 9.07. The van der Waals surface area contributed by atoms with E-state index in [1.165, 1.54) is 15.6 Å². The smallest absolute Gasteiger partial charge is 0.284 e. The number of rotatable bonds is 5. The van der Waals surface area contributed by atoms with Crippen molar-refractivity contribution in [3.05, 3.63) is 40.9 Å². The number of nitrogens with zero attached hydrogens (tertiary/aromatic N) is 6. The van der Waals surface area contributed by atoms with Gasteiger partial charge in [0.15, 0.2) is 11.2 Å². The topological polar surface area (TPSA) is 104 Å². The third kappa shape index (κ3) is 3.46. The van der Waals surface area contributed by atoms with Crippen LogP contribution in [-0.2, 0) is 16.1 Å². The number of morpholine rings is 1. The molecule has 1 aliphatic heterocycles. The summed E-state index contributed by atoms with van der Waals surface area (Å²) in [6.45, 7) is 4.47. The molecule has 0 N–H and O–H groups in total. The van der Waals surface area contributed by atoms with Crippen molar-refractivity contribution >= 4 is 17.1 Å². The predicted molar refractivity (Wildman–Crippen MR) is 99.5 cm³/mol. The molecule has 1 aliphatic rings. The van der Waals surface area contributed by atoms with E-state index in [9.17, 15) is 9.59 Å². The van der Waals surface area contributed by atoms with Gasteiger partial charge in [0.25, 0.3) is 5.56 Å². The summed E-state index contributed by atoms with van der Waals surface area (Å²) in [6, 6.07) is 7.26. The summed E-state index contributed by atoms with van der Waals surface area (Å²) in [5, 5.41) is 8.03. The van der Waals surface area contributed by atoms with Gasteiger partial charge in [-0.25, -0.2) is 4.98 Å². The van der Waals surface area contributed by atoms with Crippen LogP contribution in [0.2, 0.25) is 0 Å². The highest BCUT2D eigenvalue weighted by molar-refractivity contribution is 5.77. The van der Waals surface area contributed by atoms with Crippen molar-refractivity contribution in [1.29, 1.82) is 0 Å². The predicted octanol–water partition coefficient (Wildman–Crippen LogP) is 0.235. The van der Waals surface area contributed by atoms with Crippen LogP contribution < -0.4 is 10.3 Å². The Morgan fingerprint density at radius 3 is 2.68 bits per heavy atom. The van der Waals surface area contributed by atoms with E-state index >= 15 is 0 Å². The number of carbonyl (C=O) groups excluding carboxylic acids is 1. The van der Waals surface area contributed by atoms with Gasteiger partial charge in [0.2, 0.25) is 5.91 Å². The minimum Gasteiger partial charge on any atom is -0.494 e. The zero-order chi connectivity index (χ0) is 19.5. The number of hydrogen-bond donors (Lipinski definition) is 0. The minimum atomic E-state index is -0.399. The van der Waals surface area contributed by atoms with E-state index in [1.54, 1.807) is 4.90 Å². The summed E-state index contributed by atoms with van der Waals surface area (Å²) in [7, 11) is 0. The van der Waals surface area contributed by atoms with E-state index < -0.39 is 5.56 Å². The molecule has 10 nitrogen and oxygen atoms in total. The molecule has 3 heterocycles. The summed E-state index contributed by atoms with van der Waals surface area (Å²) < 4.78 is 13.4. The molecule has 2 aromatic heterocycles. The average molecular weight is 384 g/mol. The van der Waals surface area contributed by atoms with Crippen molar-refractivity contribution in [2.24, 2.45) is 0 Å². The lowest BCUT2D eigenvalue weighted by Gasteiger charge is -2.26. The number of carbonyl (C=O) groups is 1. The Morgan fingerprint density at radius 2 is 1.96 bits per heavy atom. The first-order chi connectivity index (χ1) is 13.7. The second-order valence-electron chi connectivity index (χ2n) is 6.27. The molecule has 1 amide bonds. The lowest BCUT2D eigenvalue weighted by molar-refractivity contribution is -0.135. The number of ether oxygens (including phenoxy) is 2. The normalized spacial score (nSPS) is 14.4. The lowest BCUT2D eigenvalue weighted by atomic mass is 10.3. The highest BCUT2D eigenvalue weighted by atomic mass is 16.5. The quantitative estimate of drug-likeness (QED) is 0.620. The maximum absolute atomic E-state index is 12.7. The van der Waals surface area contributed by atoms with Crippen molar-refractivity contribution in [2.75, 3.05) is 32.9 Å². The van der Waals surface area contributed by atoms with Crippen molar-refractivity contribution in [2.45, 2.75) is 13.5 Å². The Labute approximate surface area is 160 Å². The lowest BCUT2D eigenvalue weighted by Crippen LogP contribution is -2.43. The largest absolute Gasteiger partial charge is 0.494 e. The fourth-order valence-corrected chi connectivity index (χ4v) is 3.04. The summed E-state index contributed by atoms with van der Waals surface area (Å²) in [4.78, 5) is 31.1. The van der Waals surface area contributed by atoms with E-state index in [0.717, 1.165) is 5.75 Å². The zero-order valence-corrected chi connectivity index (χ0v) is 15.4. The summed E-state index contributed by atoms with van der Waals surface area (Å²) in [5.74, 6) is 0.595. The van der Waals surface area contributed by atoms with Gasteiger partial charge in [0.1, 0.15) is 18.6 Å². The summed E-state index contributed by atoms with van der Waals surface area (Å²) >= 11 is 0. The number of hydrogen-bond acceptors (Lipinski definition) is 7. The molecule has 0 aliphatic carbocycles. The fraction of sp³-hybridized carbons (Fsp3) is 0.389. The highest BCUT2D eigenvalue weighted by Crippen LogP contribution is 2.17. The monoisotopic (exact) mass is 384 g/mol. The Morgan fingerprint density at radius 1 is 1.21 bits per heavy atom. The van der Waals surface area contributed by atoms with E-state index in [1.807, 2.05) is 31.2 Å². The average Bonchev–Trinajstić information content (AvgIpc) is 3.16. The van der Waals surface area contributed by atoms with Gasteiger partial charge in [-0.3, -0.25) is 14.2 Å². The molecule has 0 saturated carbocycles. The fourth-order valence-electron chi connectivity index (χ4n) is 3.04. The Balaban J connectivity index is 1.60. The summed E-state index contributed by atoms with van der Waals surface area (Å²) in [5.41, 5.74) is 0.763. The minimum absolute atomic E-state index is 0.0856. The van der Waals surface area contributed by atoms with Gasteiger partial charge >= 0.3 is 0 Å². The highest BCUT2D eigenvalue weighted by Gasteiger charge is 2.19. The Hall–Kier alpha value is -3.27. The van der Waals surface area contributed by atoms with Gasteiger partial charge in [-0.2, -0.15) is 4.68 Å². The van der Waals surface area contributed by atoms with Gasteiger partial charge in [-0.1, -0.05) is 5.21 Å². The molecule has 0 spiro atoms. The van der Waals surface area contributed by atoms with E-state index in [4.69, 9.17) is 9.47 Å². The van der Waals surface area contributed by atoms with Crippen LogP contribution >= 0.6 is 0 Å². The zero-order valence-electron chi connectivity index (χ0n) is 15.4. The van der Waals surface area contributed by atoms with E-state index in [2.05, 4.69) is 15.3 Å². The second kappa shape index (κ2) is 7.77. The van der Waals surface area contributed by atoms with Crippen LogP contribution in [0.5, 0.6) is 5.75 Å². The molecule has 146 valence electrons. The maximum Gasteiger partial charge on any atom is 0.284 e. The molecule has 0 radical (unpaired) electrons. The van der Waals surface area contributed by atoms with Crippen LogP contribution in [0.4, 0.5) is 0 Å². The number of aromatic nitrogens is 5. The molecule has 4 rings (SSSR count). The van der Waals surface area contributed by atoms with Gasteiger partial charge in [0, 0.05) is 13.1 Å². The molecule has 3 aromatic rings. The van der Waals surface area contributed by atoms with Gasteiger partial charge in [0.05, 0.1) is 25.5 Å². The number of benzene rings is 1. The molecular formula is C18H20N6O4. The molecule has 0 unspecified atom stereocenters. The van der Waals surface area contributed by atoms with Crippen LogP contribution in [-0.4, -0.2) is 68.3 Å². The number of amides is 1. The van der Waals surface area contributed by atoms with Crippen molar-refractivity contribution in [3.63, 3.8) is 0 Å². The molecule has 10 heteroatoms. The Bertz CT molecular complexity index is 1040. The molecular weight excluding hydrogens is 364 g/mol. The second-order valence-corrected chi connectivity index (χ2v) is 6.27. The van der Waals surface area contributed by atoms with Gasteiger partial charge in [-0.05, 0) is 31.2 Å². The third-order valence-electron chi connectivity index (χ3n) is 4.49. The van der Waals surface area contributed by atoms with Gasteiger partial charge in [-0.15, -0.1) is 5.10 Å². The first kappa shape index (κ1) is 18.1. The molecule has 1 fully saturated rings.